The predicted octanol–water partition coefficient (Wildman–Crippen LogP) is 6.52. The van der Waals surface area contributed by atoms with Gasteiger partial charge < -0.3 is 8.83 Å². The van der Waals surface area contributed by atoms with Crippen LogP contribution in [0.1, 0.15) is 16.7 Å². The Morgan fingerprint density at radius 1 is 0.674 bits per heavy atom. The van der Waals surface area contributed by atoms with E-state index in [0.29, 0.717) is 11.2 Å². The van der Waals surface area contributed by atoms with Crippen molar-refractivity contribution in [2.24, 2.45) is 0 Å². The first-order chi connectivity index (χ1) is 19.9. The normalized spacial score (nSPS) is 9.67. The Kier molecular flexibility index (Phi) is 16.4. The van der Waals surface area contributed by atoms with Crippen molar-refractivity contribution in [3.8, 4) is 23.4 Å². The number of aryl methyl sites for hydroxylation is 2. The van der Waals surface area contributed by atoms with Crippen molar-refractivity contribution in [2.75, 3.05) is 0 Å². The SMILES string of the molecule is C#C[Si](C)(C)C.Cc1cc(Br)cc2oc(=O)ccc12.Cc1cc(C#C[Si](C)(C)C)cc2oc(=O)ccc12.O=C=O.O=C=O. The van der Waals surface area contributed by atoms with E-state index in [2.05, 4.69) is 72.2 Å². The van der Waals surface area contributed by atoms with Gasteiger partial charge >= 0.3 is 23.6 Å². The van der Waals surface area contributed by atoms with Crippen LogP contribution >= 0.6 is 15.9 Å². The first kappa shape index (κ1) is 38.7. The zero-order chi connectivity index (χ0) is 33.4. The minimum atomic E-state index is -1.39. The molecule has 0 bridgehead atoms. The first-order valence-electron chi connectivity index (χ1n) is 12.6. The minimum absolute atomic E-state index is 0.250. The summed E-state index contributed by atoms with van der Waals surface area (Å²) in [6.45, 7) is 17.0. The van der Waals surface area contributed by atoms with Gasteiger partial charge in [0.15, 0.2) is 0 Å². The molecule has 8 nitrogen and oxygen atoms in total. The fourth-order valence-corrected chi connectivity index (χ4v) is 4.08. The van der Waals surface area contributed by atoms with Crippen molar-refractivity contribution >= 4 is 66.3 Å². The summed E-state index contributed by atoms with van der Waals surface area (Å²) in [5, 5.41) is 1.94. The van der Waals surface area contributed by atoms with Crippen LogP contribution < -0.4 is 11.3 Å². The summed E-state index contributed by atoms with van der Waals surface area (Å²) >= 11 is 3.35. The summed E-state index contributed by atoms with van der Waals surface area (Å²) in [6.07, 6.45) is 5.62. The summed E-state index contributed by atoms with van der Waals surface area (Å²) < 4.78 is 11.2. The third-order valence-electron chi connectivity index (χ3n) is 4.87. The lowest BCUT2D eigenvalue weighted by Crippen LogP contribution is -2.16. The highest BCUT2D eigenvalue weighted by Gasteiger charge is 2.08. The molecule has 4 rings (SSSR count). The highest BCUT2D eigenvalue weighted by molar-refractivity contribution is 9.10. The summed E-state index contributed by atoms with van der Waals surface area (Å²) in [7, 11) is -2.49. The molecule has 2 aromatic carbocycles. The van der Waals surface area contributed by atoms with Gasteiger partial charge in [-0.05, 0) is 61.4 Å². The molecule has 224 valence electrons. The summed E-state index contributed by atoms with van der Waals surface area (Å²) in [4.78, 5) is 54.7. The molecule has 0 amide bonds. The van der Waals surface area contributed by atoms with Crippen molar-refractivity contribution in [2.45, 2.75) is 53.1 Å². The average molecular weight is 682 g/mol. The largest absolute Gasteiger partial charge is 0.423 e. The van der Waals surface area contributed by atoms with Gasteiger partial charge in [-0.25, -0.2) is 9.59 Å². The number of hydrogen-bond acceptors (Lipinski definition) is 8. The van der Waals surface area contributed by atoms with E-state index >= 15 is 0 Å². The smallest absolute Gasteiger partial charge is 0.373 e. The van der Waals surface area contributed by atoms with Crippen LogP contribution in [-0.2, 0) is 19.2 Å². The van der Waals surface area contributed by atoms with Crippen molar-refractivity contribution in [1.82, 2.24) is 0 Å². The van der Waals surface area contributed by atoms with E-state index in [-0.39, 0.29) is 23.6 Å². The molecule has 0 fully saturated rings. The molecule has 0 unspecified atom stereocenters. The van der Waals surface area contributed by atoms with Gasteiger partial charge in [-0.15, -0.1) is 17.5 Å². The number of benzene rings is 2. The Morgan fingerprint density at radius 2 is 1.07 bits per heavy atom. The van der Waals surface area contributed by atoms with Gasteiger partial charge in [0.1, 0.15) is 27.3 Å². The monoisotopic (exact) mass is 680 g/mol. The number of halogens is 1. The fraction of sp³-hybridized carbons (Fsp3) is 0.250. The van der Waals surface area contributed by atoms with Gasteiger partial charge in [0.05, 0.1) is 0 Å². The lowest BCUT2D eigenvalue weighted by Gasteiger charge is -2.04. The Bertz CT molecular complexity index is 1820. The Hall–Kier alpha value is -4.35. The second-order valence-electron chi connectivity index (χ2n) is 10.9. The summed E-state index contributed by atoms with van der Waals surface area (Å²) in [6, 6.07) is 14.1. The van der Waals surface area contributed by atoms with E-state index in [4.69, 9.17) is 34.4 Å². The summed E-state index contributed by atoms with van der Waals surface area (Å²) in [5.74, 6) is 3.19. The second kappa shape index (κ2) is 18.2. The highest BCUT2D eigenvalue weighted by Crippen LogP contribution is 2.22. The zero-order valence-electron chi connectivity index (χ0n) is 25.3. The third-order valence-corrected chi connectivity index (χ3v) is 7.07. The maximum atomic E-state index is 11.2. The van der Waals surface area contributed by atoms with Crippen LogP contribution in [0.25, 0.3) is 21.9 Å². The second-order valence-corrected chi connectivity index (χ2v) is 21.4. The first-order valence-corrected chi connectivity index (χ1v) is 20.4. The van der Waals surface area contributed by atoms with E-state index in [1.807, 2.05) is 32.0 Å². The number of carbonyl (C=O) groups excluding carboxylic acids is 4. The number of terminal acetylenes is 1. The molecule has 0 saturated heterocycles. The van der Waals surface area contributed by atoms with E-state index in [1.54, 1.807) is 18.2 Å². The Balaban J connectivity index is 0.000000614. The van der Waals surface area contributed by atoms with Gasteiger partial charge in [-0.1, -0.05) is 61.1 Å². The van der Waals surface area contributed by atoms with E-state index in [0.717, 1.165) is 31.9 Å². The van der Waals surface area contributed by atoms with Gasteiger partial charge in [0.2, 0.25) is 0 Å². The molecule has 0 aliphatic heterocycles. The zero-order valence-corrected chi connectivity index (χ0v) is 28.9. The molecule has 43 heavy (non-hydrogen) atoms. The molecule has 11 heteroatoms. The molecular formula is C32H33BrO8Si2. The lowest BCUT2D eigenvalue weighted by atomic mass is 10.1. The van der Waals surface area contributed by atoms with Crippen LogP contribution in [0.5, 0.6) is 0 Å². The molecule has 4 aromatic rings. The fourth-order valence-electron chi connectivity index (χ4n) is 3.00. The molecule has 0 aliphatic rings. The minimum Gasteiger partial charge on any atom is -0.423 e. The lowest BCUT2D eigenvalue weighted by molar-refractivity contribution is -0.193. The van der Waals surface area contributed by atoms with Crippen molar-refractivity contribution in [3.05, 3.63) is 90.5 Å². The molecule has 0 atom stereocenters. The highest BCUT2D eigenvalue weighted by atomic mass is 79.9. The maximum Gasteiger partial charge on any atom is 0.373 e. The average Bonchev–Trinajstić information content (AvgIpc) is 2.88. The van der Waals surface area contributed by atoms with Gasteiger partial charge in [0, 0.05) is 32.9 Å². The Morgan fingerprint density at radius 3 is 1.47 bits per heavy atom. The maximum absolute atomic E-state index is 11.2. The topological polar surface area (TPSA) is 129 Å². The van der Waals surface area contributed by atoms with Crippen LogP contribution in [0.3, 0.4) is 0 Å². The molecule has 2 aromatic heterocycles. The number of rotatable bonds is 0. The quantitative estimate of drug-likeness (QED) is 0.117. The van der Waals surface area contributed by atoms with E-state index in [1.165, 1.54) is 12.1 Å². The molecule has 0 N–H and O–H groups in total. The van der Waals surface area contributed by atoms with Gasteiger partial charge in [0.25, 0.3) is 0 Å². The van der Waals surface area contributed by atoms with Crippen molar-refractivity contribution in [3.63, 3.8) is 0 Å². The van der Waals surface area contributed by atoms with Crippen LogP contribution in [-0.4, -0.2) is 28.5 Å². The third kappa shape index (κ3) is 16.0. The van der Waals surface area contributed by atoms with E-state index < -0.39 is 16.1 Å². The molecule has 0 spiro atoms. The van der Waals surface area contributed by atoms with Gasteiger partial charge in [-0.2, -0.15) is 19.2 Å². The van der Waals surface area contributed by atoms with Crippen molar-refractivity contribution in [1.29, 1.82) is 0 Å². The van der Waals surface area contributed by atoms with Crippen LogP contribution in [0.2, 0.25) is 39.3 Å². The molecular weight excluding hydrogens is 648 g/mol. The number of fused-ring (bicyclic) bond motifs is 2. The molecule has 0 radical (unpaired) electrons. The van der Waals surface area contributed by atoms with Crippen LogP contribution in [0, 0.1) is 37.3 Å². The number of hydrogen-bond donors (Lipinski definition) is 0. The Labute approximate surface area is 260 Å². The molecule has 2 heterocycles. The standard InChI is InChI=1S/C15H16O2Si.C10H7BrO2.C5H10Si.2CO2/c1-11-9-12(7-8-18(2,3)4)10-14-13(11)5-6-15(16)17-14;1-6-4-7(11)5-9-8(6)2-3-10(12)13-9;1-5-6(2,3)4;2*2-1-3/h5-6,9-10H,1-4H3;2-5H,1H3;1H,2-4H3;;. The van der Waals surface area contributed by atoms with Crippen LogP contribution in [0.4, 0.5) is 0 Å². The van der Waals surface area contributed by atoms with Crippen molar-refractivity contribution < 1.29 is 28.0 Å². The molecule has 0 aliphatic carbocycles. The molecule has 0 saturated carbocycles. The van der Waals surface area contributed by atoms with Gasteiger partial charge in [-0.3, -0.25) is 0 Å². The summed E-state index contributed by atoms with van der Waals surface area (Å²) in [5.41, 5.74) is 9.74. The predicted molar refractivity (Wildman–Crippen MR) is 175 cm³/mol. The van der Waals surface area contributed by atoms with Crippen LogP contribution in [0.15, 0.2) is 71.4 Å². The van der Waals surface area contributed by atoms with E-state index in [9.17, 15) is 9.59 Å².